The Labute approximate surface area is 108 Å². The molecule has 10 nitrogen and oxygen atoms in total. The lowest BCUT2D eigenvalue weighted by Crippen LogP contribution is -2.25. The summed E-state index contributed by atoms with van der Waals surface area (Å²) in [5, 5.41) is 24.2. The van der Waals surface area contributed by atoms with E-state index in [1.807, 2.05) is 6.92 Å². The third-order valence-corrected chi connectivity index (χ3v) is 2.53. The van der Waals surface area contributed by atoms with Crippen LogP contribution in [0, 0.1) is 10.1 Å². The average molecular weight is 264 g/mol. The fourth-order valence-corrected chi connectivity index (χ4v) is 1.56. The molecule has 19 heavy (non-hydrogen) atoms. The molecular formula is C9H12N8O2. The van der Waals surface area contributed by atoms with Crippen molar-refractivity contribution in [1.29, 1.82) is 0 Å². The van der Waals surface area contributed by atoms with Crippen molar-refractivity contribution in [3.05, 3.63) is 28.3 Å². The summed E-state index contributed by atoms with van der Waals surface area (Å²) >= 11 is 0. The van der Waals surface area contributed by atoms with E-state index < -0.39 is 4.92 Å². The van der Waals surface area contributed by atoms with Gasteiger partial charge in [-0.2, -0.15) is 5.21 Å². The van der Waals surface area contributed by atoms with E-state index in [2.05, 4.69) is 30.6 Å². The van der Waals surface area contributed by atoms with E-state index in [1.165, 1.54) is 12.4 Å². The second kappa shape index (κ2) is 5.33. The van der Waals surface area contributed by atoms with Crippen LogP contribution in [0.25, 0.3) is 0 Å². The lowest BCUT2D eigenvalue weighted by Gasteiger charge is -2.19. The van der Waals surface area contributed by atoms with Gasteiger partial charge >= 0.3 is 5.69 Å². The molecule has 2 heterocycles. The predicted octanol–water partition coefficient (Wildman–Crippen LogP) is 0.138. The molecule has 0 aliphatic carbocycles. The second-order valence-corrected chi connectivity index (χ2v) is 4.05. The van der Waals surface area contributed by atoms with Gasteiger partial charge in [-0.25, -0.2) is 9.97 Å². The lowest BCUT2D eigenvalue weighted by atomic mass is 10.1. The molecule has 0 spiro atoms. The number of tetrazole rings is 1. The molecule has 1 atom stereocenters. The molecule has 0 amide bonds. The van der Waals surface area contributed by atoms with Crippen LogP contribution in [-0.4, -0.2) is 49.1 Å². The number of nitrogens with one attached hydrogen (secondary N) is 1. The van der Waals surface area contributed by atoms with Gasteiger partial charge in [0.1, 0.15) is 12.4 Å². The summed E-state index contributed by atoms with van der Waals surface area (Å²) in [5.41, 5.74) is -0.136. The van der Waals surface area contributed by atoms with Gasteiger partial charge in [-0.1, -0.05) is 12.1 Å². The first kappa shape index (κ1) is 12.8. The third-order valence-electron chi connectivity index (χ3n) is 2.53. The maximum atomic E-state index is 10.5. The summed E-state index contributed by atoms with van der Waals surface area (Å²) in [5.74, 6) is 1.03. The van der Waals surface area contributed by atoms with Crippen molar-refractivity contribution in [1.82, 2.24) is 30.6 Å². The number of aromatic nitrogens is 6. The highest BCUT2D eigenvalue weighted by Crippen LogP contribution is 2.15. The average Bonchev–Trinajstić information content (AvgIpc) is 2.92. The van der Waals surface area contributed by atoms with Crippen LogP contribution in [0.4, 0.5) is 11.6 Å². The standard InChI is InChI=1S/C9H12N8O2/c1-6(8-12-14-15-13-8)5-16(2)9-10-3-7(4-11-9)17(18)19/h3-4,6H,5H2,1-2H3,(H,12,13,14,15). The molecule has 0 saturated heterocycles. The largest absolute Gasteiger partial charge is 0.343 e. The van der Waals surface area contributed by atoms with Crippen LogP contribution in [0.5, 0.6) is 0 Å². The monoisotopic (exact) mass is 264 g/mol. The molecule has 2 rings (SSSR count). The van der Waals surface area contributed by atoms with E-state index in [4.69, 9.17) is 0 Å². The van der Waals surface area contributed by atoms with Gasteiger partial charge in [-0.05, 0) is 0 Å². The van der Waals surface area contributed by atoms with Crippen LogP contribution in [0.15, 0.2) is 12.4 Å². The molecule has 0 aliphatic heterocycles. The van der Waals surface area contributed by atoms with E-state index in [1.54, 1.807) is 11.9 Å². The Bertz CT molecular complexity index is 540. The summed E-state index contributed by atoms with van der Waals surface area (Å²) in [6, 6.07) is 0. The molecule has 0 fully saturated rings. The van der Waals surface area contributed by atoms with Crippen LogP contribution >= 0.6 is 0 Å². The van der Waals surface area contributed by atoms with Gasteiger partial charge in [-0.15, -0.1) is 10.2 Å². The summed E-state index contributed by atoms with van der Waals surface area (Å²) in [7, 11) is 1.79. The maximum absolute atomic E-state index is 10.5. The fraction of sp³-hybridized carbons (Fsp3) is 0.444. The third kappa shape index (κ3) is 2.97. The van der Waals surface area contributed by atoms with Crippen LogP contribution < -0.4 is 4.90 Å². The smallest absolute Gasteiger partial charge is 0.305 e. The summed E-state index contributed by atoms with van der Waals surface area (Å²) in [4.78, 5) is 19.6. The van der Waals surface area contributed by atoms with Crippen molar-refractivity contribution in [2.45, 2.75) is 12.8 Å². The first-order chi connectivity index (χ1) is 9.08. The van der Waals surface area contributed by atoms with Crippen LogP contribution in [0.3, 0.4) is 0 Å². The van der Waals surface area contributed by atoms with Crippen LogP contribution in [-0.2, 0) is 0 Å². The molecule has 0 bridgehead atoms. The minimum Gasteiger partial charge on any atom is -0.343 e. The molecule has 2 aromatic heterocycles. The molecule has 10 heteroatoms. The van der Waals surface area contributed by atoms with Gasteiger partial charge in [0.25, 0.3) is 0 Å². The molecule has 0 radical (unpaired) electrons. The number of rotatable bonds is 5. The van der Waals surface area contributed by atoms with Crippen LogP contribution in [0.2, 0.25) is 0 Å². The van der Waals surface area contributed by atoms with Crippen molar-refractivity contribution in [3.8, 4) is 0 Å². The fourth-order valence-electron chi connectivity index (χ4n) is 1.56. The van der Waals surface area contributed by atoms with Gasteiger partial charge in [0.15, 0.2) is 5.82 Å². The van der Waals surface area contributed by atoms with Crippen LogP contribution in [0.1, 0.15) is 18.7 Å². The van der Waals surface area contributed by atoms with Crippen molar-refractivity contribution in [3.63, 3.8) is 0 Å². The van der Waals surface area contributed by atoms with Crippen molar-refractivity contribution < 1.29 is 4.92 Å². The molecule has 1 unspecified atom stereocenters. The van der Waals surface area contributed by atoms with E-state index in [0.717, 1.165) is 0 Å². The number of hydrogen-bond donors (Lipinski definition) is 1. The molecule has 0 aliphatic rings. The van der Waals surface area contributed by atoms with Crippen molar-refractivity contribution in [2.75, 3.05) is 18.5 Å². The highest BCUT2D eigenvalue weighted by molar-refractivity contribution is 5.33. The molecular weight excluding hydrogens is 252 g/mol. The Morgan fingerprint density at radius 3 is 2.68 bits per heavy atom. The van der Waals surface area contributed by atoms with Gasteiger partial charge < -0.3 is 4.90 Å². The number of H-pyrrole nitrogens is 1. The number of anilines is 1. The number of aromatic amines is 1. The highest BCUT2D eigenvalue weighted by Gasteiger charge is 2.15. The van der Waals surface area contributed by atoms with Gasteiger partial charge in [-0.3, -0.25) is 10.1 Å². The molecule has 0 saturated carbocycles. The Morgan fingerprint density at radius 1 is 1.47 bits per heavy atom. The molecule has 1 N–H and O–H groups in total. The SMILES string of the molecule is CC(CN(C)c1ncc([N+](=O)[O-])cn1)c1nn[nH]n1. The number of likely N-dealkylation sites (N-methyl/N-ethyl adjacent to an activating group) is 1. The highest BCUT2D eigenvalue weighted by atomic mass is 16.6. The number of nitro groups is 1. The summed E-state index contributed by atoms with van der Waals surface area (Å²) in [6.07, 6.45) is 2.36. The Morgan fingerprint density at radius 2 is 2.16 bits per heavy atom. The number of hydrogen-bond acceptors (Lipinski definition) is 8. The zero-order valence-electron chi connectivity index (χ0n) is 10.4. The Hall–Kier alpha value is -2.65. The molecule has 0 aromatic carbocycles. The van der Waals surface area contributed by atoms with Gasteiger partial charge in [0, 0.05) is 19.5 Å². The second-order valence-electron chi connectivity index (χ2n) is 4.05. The van der Waals surface area contributed by atoms with Crippen molar-refractivity contribution in [2.24, 2.45) is 0 Å². The zero-order chi connectivity index (χ0) is 13.8. The zero-order valence-corrected chi connectivity index (χ0v) is 10.4. The van der Waals surface area contributed by atoms with E-state index in [-0.39, 0.29) is 11.6 Å². The normalized spacial score (nSPS) is 12.1. The minimum atomic E-state index is -0.536. The Kier molecular flexibility index (Phi) is 3.59. The molecule has 100 valence electrons. The van der Waals surface area contributed by atoms with E-state index in [0.29, 0.717) is 18.3 Å². The quantitative estimate of drug-likeness (QED) is 0.596. The molecule has 2 aromatic rings. The van der Waals surface area contributed by atoms with Gasteiger partial charge in [0.05, 0.1) is 4.92 Å². The maximum Gasteiger partial charge on any atom is 0.305 e. The first-order valence-electron chi connectivity index (χ1n) is 5.49. The lowest BCUT2D eigenvalue weighted by molar-refractivity contribution is -0.385. The van der Waals surface area contributed by atoms with Crippen molar-refractivity contribution >= 4 is 11.6 Å². The number of nitrogens with zero attached hydrogens (tertiary/aromatic N) is 7. The van der Waals surface area contributed by atoms with Gasteiger partial charge in [0.2, 0.25) is 5.95 Å². The Balaban J connectivity index is 2.03. The summed E-state index contributed by atoms with van der Waals surface area (Å²) in [6.45, 7) is 2.50. The minimum absolute atomic E-state index is 0.0301. The summed E-state index contributed by atoms with van der Waals surface area (Å²) < 4.78 is 0. The first-order valence-corrected chi connectivity index (χ1v) is 5.49. The van der Waals surface area contributed by atoms with E-state index >= 15 is 0 Å². The predicted molar refractivity (Wildman–Crippen MR) is 64.5 cm³/mol. The topological polar surface area (TPSA) is 127 Å². The van der Waals surface area contributed by atoms with E-state index in [9.17, 15) is 10.1 Å².